The predicted octanol–water partition coefficient (Wildman–Crippen LogP) is 1.70. The van der Waals surface area contributed by atoms with E-state index in [1.165, 1.54) is 25.7 Å². The molecule has 17 heavy (non-hydrogen) atoms. The number of amides is 1. The van der Waals surface area contributed by atoms with Crippen LogP contribution in [0.15, 0.2) is 0 Å². The Bertz CT molecular complexity index is 327. The Morgan fingerprint density at radius 3 is 2.29 bits per heavy atom. The lowest BCUT2D eigenvalue weighted by Crippen LogP contribution is -2.61. The number of carbonyl (C=O) groups is 1. The van der Waals surface area contributed by atoms with E-state index in [0.29, 0.717) is 17.8 Å². The van der Waals surface area contributed by atoms with Gasteiger partial charge in [0.2, 0.25) is 5.91 Å². The highest BCUT2D eigenvalue weighted by molar-refractivity contribution is 5.82. The molecule has 3 aliphatic rings. The van der Waals surface area contributed by atoms with Crippen LogP contribution in [0.2, 0.25) is 0 Å². The van der Waals surface area contributed by atoms with E-state index in [-0.39, 0.29) is 23.5 Å². The highest BCUT2D eigenvalue weighted by atomic mass is 16.3. The Kier molecular flexibility index (Phi) is 2.51. The molecule has 0 aliphatic heterocycles. The average molecular weight is 237 g/mol. The lowest BCUT2D eigenvalue weighted by atomic mass is 9.64. The quantitative estimate of drug-likeness (QED) is 0.768. The Hall–Kier alpha value is -0.570. The van der Waals surface area contributed by atoms with Crippen LogP contribution in [0.4, 0.5) is 0 Å². The lowest BCUT2D eigenvalue weighted by Gasteiger charge is -2.49. The van der Waals surface area contributed by atoms with Crippen molar-refractivity contribution in [1.82, 2.24) is 5.32 Å². The summed E-state index contributed by atoms with van der Waals surface area (Å²) < 4.78 is 0. The Morgan fingerprint density at radius 2 is 1.82 bits per heavy atom. The Morgan fingerprint density at radius 1 is 1.24 bits per heavy atom. The van der Waals surface area contributed by atoms with E-state index in [1.807, 2.05) is 13.8 Å². The number of aliphatic hydroxyl groups excluding tert-OH is 1. The molecule has 0 radical (unpaired) electrons. The van der Waals surface area contributed by atoms with Gasteiger partial charge in [0.05, 0.1) is 6.10 Å². The molecule has 4 unspecified atom stereocenters. The standard InChI is InChI=1S/C14H23NO2/c1-14(2)10(7-11(14)16)15-13(17)12-8-5-3-4-6-9(8)12/h8-12,16H,3-7H2,1-2H3,(H,15,17). The van der Waals surface area contributed by atoms with E-state index < -0.39 is 0 Å². The van der Waals surface area contributed by atoms with Crippen LogP contribution < -0.4 is 5.32 Å². The van der Waals surface area contributed by atoms with Gasteiger partial charge in [-0.15, -0.1) is 0 Å². The van der Waals surface area contributed by atoms with E-state index in [1.54, 1.807) is 0 Å². The minimum atomic E-state index is -0.255. The maximum atomic E-state index is 12.2. The molecule has 3 nitrogen and oxygen atoms in total. The molecule has 0 saturated heterocycles. The van der Waals surface area contributed by atoms with Gasteiger partial charge in [0.1, 0.15) is 0 Å². The van der Waals surface area contributed by atoms with E-state index in [9.17, 15) is 9.90 Å². The van der Waals surface area contributed by atoms with Crippen LogP contribution in [0.1, 0.15) is 46.0 Å². The topological polar surface area (TPSA) is 49.3 Å². The monoisotopic (exact) mass is 237 g/mol. The fraction of sp³-hybridized carbons (Fsp3) is 0.929. The molecule has 0 heterocycles. The zero-order valence-electron chi connectivity index (χ0n) is 10.8. The largest absolute Gasteiger partial charge is 0.392 e. The molecule has 3 rings (SSSR count). The van der Waals surface area contributed by atoms with Crippen molar-refractivity contribution in [2.45, 2.75) is 58.1 Å². The third-order valence-electron chi connectivity index (χ3n) is 5.49. The number of nitrogens with one attached hydrogen (secondary N) is 1. The van der Waals surface area contributed by atoms with Crippen molar-refractivity contribution >= 4 is 5.91 Å². The first-order valence-corrected chi connectivity index (χ1v) is 7.00. The van der Waals surface area contributed by atoms with Crippen LogP contribution in [0.5, 0.6) is 0 Å². The van der Waals surface area contributed by atoms with Crippen molar-refractivity contribution in [3.05, 3.63) is 0 Å². The summed E-state index contributed by atoms with van der Waals surface area (Å²) in [4.78, 5) is 12.2. The predicted molar refractivity (Wildman–Crippen MR) is 65.3 cm³/mol. The zero-order chi connectivity index (χ0) is 12.2. The normalized spacial score (nSPS) is 46.6. The molecule has 0 bridgehead atoms. The zero-order valence-corrected chi connectivity index (χ0v) is 10.8. The van der Waals surface area contributed by atoms with Crippen LogP contribution in [-0.2, 0) is 4.79 Å². The van der Waals surface area contributed by atoms with E-state index >= 15 is 0 Å². The van der Waals surface area contributed by atoms with Gasteiger partial charge in [0.25, 0.3) is 0 Å². The third kappa shape index (κ3) is 1.70. The first-order valence-electron chi connectivity index (χ1n) is 7.00. The van der Waals surface area contributed by atoms with Gasteiger partial charge >= 0.3 is 0 Å². The van der Waals surface area contributed by atoms with Gasteiger partial charge < -0.3 is 10.4 Å². The summed E-state index contributed by atoms with van der Waals surface area (Å²) >= 11 is 0. The van der Waals surface area contributed by atoms with Crippen LogP contribution in [0, 0.1) is 23.2 Å². The molecule has 3 fully saturated rings. The summed E-state index contributed by atoms with van der Waals surface area (Å²) in [6, 6.07) is 0.174. The van der Waals surface area contributed by atoms with Gasteiger partial charge in [0, 0.05) is 17.4 Å². The van der Waals surface area contributed by atoms with Crippen LogP contribution in [0.3, 0.4) is 0 Å². The SMILES string of the molecule is CC1(C)C(O)CC1NC(=O)C1C2CCCCC21. The van der Waals surface area contributed by atoms with Crippen LogP contribution in [-0.4, -0.2) is 23.2 Å². The molecular formula is C14H23NO2. The number of aliphatic hydroxyl groups is 1. The van der Waals surface area contributed by atoms with E-state index in [0.717, 1.165) is 6.42 Å². The van der Waals surface area contributed by atoms with Gasteiger partial charge in [-0.3, -0.25) is 4.79 Å². The molecule has 1 amide bonds. The Labute approximate surface area is 103 Å². The van der Waals surface area contributed by atoms with E-state index in [2.05, 4.69) is 5.32 Å². The van der Waals surface area contributed by atoms with Crippen LogP contribution >= 0.6 is 0 Å². The fourth-order valence-corrected chi connectivity index (χ4v) is 3.80. The highest BCUT2D eigenvalue weighted by Crippen LogP contribution is 2.55. The second-order valence-corrected chi connectivity index (χ2v) is 6.77. The van der Waals surface area contributed by atoms with Crippen molar-refractivity contribution in [2.75, 3.05) is 0 Å². The molecule has 96 valence electrons. The molecule has 0 aromatic rings. The van der Waals surface area contributed by atoms with Gasteiger partial charge in [-0.2, -0.15) is 0 Å². The number of rotatable bonds is 2. The molecular weight excluding hydrogens is 214 g/mol. The molecule has 0 spiro atoms. The smallest absolute Gasteiger partial charge is 0.223 e. The minimum absolute atomic E-state index is 0.143. The van der Waals surface area contributed by atoms with Gasteiger partial charge in [0.15, 0.2) is 0 Å². The molecule has 3 saturated carbocycles. The lowest BCUT2D eigenvalue weighted by molar-refractivity contribution is -0.131. The highest BCUT2D eigenvalue weighted by Gasteiger charge is 2.56. The van der Waals surface area contributed by atoms with Crippen molar-refractivity contribution in [3.8, 4) is 0 Å². The van der Waals surface area contributed by atoms with Gasteiger partial charge in [-0.05, 0) is 31.1 Å². The summed E-state index contributed by atoms with van der Waals surface area (Å²) in [6.45, 7) is 4.07. The van der Waals surface area contributed by atoms with Crippen molar-refractivity contribution in [3.63, 3.8) is 0 Å². The van der Waals surface area contributed by atoms with E-state index in [4.69, 9.17) is 0 Å². The van der Waals surface area contributed by atoms with Crippen molar-refractivity contribution in [2.24, 2.45) is 23.2 Å². The maximum Gasteiger partial charge on any atom is 0.223 e. The second-order valence-electron chi connectivity index (χ2n) is 6.77. The summed E-state index contributed by atoms with van der Waals surface area (Å²) in [5.41, 5.74) is -0.143. The maximum absolute atomic E-state index is 12.2. The van der Waals surface area contributed by atoms with Crippen LogP contribution in [0.25, 0.3) is 0 Å². The minimum Gasteiger partial charge on any atom is -0.392 e. The first kappa shape index (κ1) is 11.5. The molecule has 2 N–H and O–H groups in total. The summed E-state index contributed by atoms with van der Waals surface area (Å²) in [5, 5.41) is 12.8. The van der Waals surface area contributed by atoms with Crippen molar-refractivity contribution < 1.29 is 9.90 Å². The molecule has 4 atom stereocenters. The molecule has 3 aliphatic carbocycles. The second kappa shape index (κ2) is 3.71. The summed E-state index contributed by atoms with van der Waals surface area (Å²) in [5.74, 6) is 1.91. The first-order chi connectivity index (χ1) is 8.01. The molecule has 3 heteroatoms. The average Bonchev–Trinajstić information content (AvgIpc) is 3.02. The number of hydrogen-bond donors (Lipinski definition) is 2. The summed E-state index contributed by atoms with van der Waals surface area (Å²) in [6.07, 6.45) is 5.57. The van der Waals surface area contributed by atoms with Gasteiger partial charge in [-0.25, -0.2) is 0 Å². The number of carbonyl (C=O) groups excluding carboxylic acids is 1. The van der Waals surface area contributed by atoms with Gasteiger partial charge in [-0.1, -0.05) is 26.7 Å². The van der Waals surface area contributed by atoms with Crippen molar-refractivity contribution in [1.29, 1.82) is 0 Å². The number of fused-ring (bicyclic) bond motifs is 1. The molecule has 0 aromatic heterocycles. The Balaban J connectivity index is 1.55. The fourth-order valence-electron chi connectivity index (χ4n) is 3.80. The molecule has 0 aromatic carbocycles. The summed E-state index contributed by atoms with van der Waals surface area (Å²) in [7, 11) is 0. The number of hydrogen-bond acceptors (Lipinski definition) is 2. The third-order valence-corrected chi connectivity index (χ3v) is 5.49.